The fraction of sp³-hybridized carbons (Fsp3) is 0.190. The summed E-state index contributed by atoms with van der Waals surface area (Å²) in [4.78, 5) is 4.80. The molecule has 3 aromatic rings. The molecule has 2 heterocycles. The molecule has 0 unspecified atom stereocenters. The van der Waals surface area contributed by atoms with Gasteiger partial charge in [-0.15, -0.1) is 5.54 Å². The first kappa shape index (κ1) is 16.5. The van der Waals surface area contributed by atoms with Crippen LogP contribution in [-0.4, -0.2) is 23.3 Å². The molecule has 130 valence electrons. The Labute approximate surface area is 153 Å². The maximum atomic E-state index is 9.95. The van der Waals surface area contributed by atoms with Crippen LogP contribution >= 0.6 is 0 Å². The quantitative estimate of drug-likeness (QED) is 0.459. The van der Waals surface area contributed by atoms with Crippen LogP contribution in [0.2, 0.25) is 19.6 Å². The van der Waals surface area contributed by atoms with Crippen LogP contribution in [0.25, 0.3) is 22.2 Å². The van der Waals surface area contributed by atoms with Gasteiger partial charge in [0.15, 0.2) is 0 Å². The molecule has 4 rings (SSSR count). The van der Waals surface area contributed by atoms with Crippen molar-refractivity contribution in [1.29, 1.82) is 0 Å². The van der Waals surface area contributed by atoms with Gasteiger partial charge in [0.2, 0.25) is 0 Å². The summed E-state index contributed by atoms with van der Waals surface area (Å²) in [6.45, 7) is 6.92. The lowest BCUT2D eigenvalue weighted by Gasteiger charge is -2.22. The third-order valence-corrected chi connectivity index (χ3v) is 5.10. The first-order chi connectivity index (χ1) is 12.3. The minimum atomic E-state index is -1.58. The van der Waals surface area contributed by atoms with Crippen molar-refractivity contribution in [1.82, 2.24) is 4.98 Å². The summed E-state index contributed by atoms with van der Waals surface area (Å²) in [5, 5.41) is 20.5. The number of hydrogen-bond donors (Lipinski definition) is 2. The van der Waals surface area contributed by atoms with Gasteiger partial charge in [0.05, 0.1) is 11.2 Å². The minimum Gasteiger partial charge on any atom is -0.508 e. The van der Waals surface area contributed by atoms with Crippen LogP contribution in [0.3, 0.4) is 0 Å². The predicted octanol–water partition coefficient (Wildman–Crippen LogP) is 4.43. The first-order valence-electron chi connectivity index (χ1n) is 8.47. The van der Waals surface area contributed by atoms with E-state index >= 15 is 0 Å². The van der Waals surface area contributed by atoms with Crippen molar-refractivity contribution in [3.63, 3.8) is 0 Å². The third-order valence-electron chi connectivity index (χ3n) is 4.22. The van der Waals surface area contributed by atoms with Crippen molar-refractivity contribution in [2.24, 2.45) is 0 Å². The Morgan fingerprint density at radius 1 is 1.04 bits per heavy atom. The minimum absolute atomic E-state index is 0.164. The van der Waals surface area contributed by atoms with Crippen molar-refractivity contribution in [2.75, 3.05) is 0 Å². The van der Waals surface area contributed by atoms with E-state index in [1.54, 1.807) is 30.3 Å². The SMILES string of the molecule is C[Si](C)(C)C#Cc1c2c(nc3ccc(O)cc13)-c1ccc(O)cc1OC2. The van der Waals surface area contributed by atoms with Gasteiger partial charge in [-0.25, -0.2) is 4.98 Å². The van der Waals surface area contributed by atoms with Crippen molar-refractivity contribution in [2.45, 2.75) is 26.2 Å². The number of hydrogen-bond acceptors (Lipinski definition) is 4. The summed E-state index contributed by atoms with van der Waals surface area (Å²) < 4.78 is 5.86. The number of phenolic OH excluding ortho intramolecular Hbond substituents is 2. The van der Waals surface area contributed by atoms with Gasteiger partial charge in [-0.2, -0.15) is 0 Å². The van der Waals surface area contributed by atoms with Crippen LogP contribution in [0.5, 0.6) is 17.2 Å². The van der Waals surface area contributed by atoms with Crippen LogP contribution in [0.4, 0.5) is 0 Å². The van der Waals surface area contributed by atoms with Gasteiger partial charge in [-0.05, 0) is 30.3 Å². The molecular formula is C21H19NO3Si. The van der Waals surface area contributed by atoms with Crippen molar-refractivity contribution >= 4 is 19.0 Å². The lowest BCUT2D eigenvalue weighted by Crippen LogP contribution is -2.17. The smallest absolute Gasteiger partial charge is 0.132 e. The molecule has 0 aliphatic carbocycles. The van der Waals surface area contributed by atoms with E-state index in [9.17, 15) is 10.2 Å². The molecule has 1 aliphatic heterocycles. The number of rotatable bonds is 0. The first-order valence-corrected chi connectivity index (χ1v) is 12.0. The summed E-state index contributed by atoms with van der Waals surface area (Å²) in [5.41, 5.74) is 7.65. The molecular weight excluding hydrogens is 342 g/mol. The maximum absolute atomic E-state index is 9.95. The molecule has 0 atom stereocenters. The molecule has 5 heteroatoms. The van der Waals surface area contributed by atoms with E-state index in [2.05, 4.69) is 31.1 Å². The van der Waals surface area contributed by atoms with E-state index in [-0.39, 0.29) is 11.5 Å². The van der Waals surface area contributed by atoms with Crippen molar-refractivity contribution in [3.05, 3.63) is 47.5 Å². The molecule has 2 N–H and O–H groups in total. The fourth-order valence-electron chi connectivity index (χ4n) is 3.02. The summed E-state index contributed by atoms with van der Waals surface area (Å²) in [6, 6.07) is 10.2. The molecule has 0 saturated heterocycles. The van der Waals surface area contributed by atoms with Crippen LogP contribution in [0.15, 0.2) is 36.4 Å². The summed E-state index contributed by atoms with van der Waals surface area (Å²) in [6.07, 6.45) is 0. The highest BCUT2D eigenvalue weighted by molar-refractivity contribution is 6.83. The lowest BCUT2D eigenvalue weighted by atomic mass is 9.95. The van der Waals surface area contributed by atoms with E-state index in [1.807, 2.05) is 6.07 Å². The number of ether oxygens (including phenoxy) is 1. The molecule has 26 heavy (non-hydrogen) atoms. The molecule has 0 fully saturated rings. The molecule has 4 nitrogen and oxygen atoms in total. The topological polar surface area (TPSA) is 62.6 Å². The number of nitrogens with zero attached hydrogens (tertiary/aromatic N) is 1. The monoisotopic (exact) mass is 361 g/mol. The van der Waals surface area contributed by atoms with Crippen LogP contribution in [-0.2, 0) is 6.61 Å². The van der Waals surface area contributed by atoms with Crippen LogP contribution in [0.1, 0.15) is 11.1 Å². The van der Waals surface area contributed by atoms with Gasteiger partial charge < -0.3 is 14.9 Å². The average Bonchev–Trinajstić information content (AvgIpc) is 2.57. The van der Waals surface area contributed by atoms with E-state index in [0.717, 1.165) is 33.3 Å². The predicted molar refractivity (Wildman–Crippen MR) is 105 cm³/mol. The van der Waals surface area contributed by atoms with E-state index in [1.165, 1.54) is 0 Å². The Hall–Kier alpha value is -2.97. The number of phenols is 2. The zero-order valence-electron chi connectivity index (χ0n) is 14.9. The second-order valence-electron chi connectivity index (χ2n) is 7.48. The largest absolute Gasteiger partial charge is 0.508 e. The van der Waals surface area contributed by atoms with Crippen molar-refractivity contribution in [3.8, 4) is 40.0 Å². The molecule has 1 aromatic heterocycles. The van der Waals surface area contributed by atoms with Gasteiger partial charge in [0.25, 0.3) is 0 Å². The molecule has 0 saturated carbocycles. The maximum Gasteiger partial charge on any atom is 0.132 e. The molecule has 0 bridgehead atoms. The van der Waals surface area contributed by atoms with Crippen LogP contribution in [0, 0.1) is 11.5 Å². The standard InChI is InChI=1S/C21H19NO3Si/c1-26(2,3)9-8-15-17-10-13(23)5-7-19(17)22-21-16-6-4-14(24)11-20(16)25-12-18(15)21/h4-7,10-11,23-24H,12H2,1-3H3. The Bertz CT molecular complexity index is 1100. The van der Waals surface area contributed by atoms with E-state index < -0.39 is 8.07 Å². The zero-order chi connectivity index (χ0) is 18.5. The lowest BCUT2D eigenvalue weighted by molar-refractivity contribution is 0.299. The number of pyridine rings is 1. The van der Waals surface area contributed by atoms with Gasteiger partial charge in [-0.1, -0.05) is 25.6 Å². The third kappa shape index (κ3) is 2.89. The Kier molecular flexibility index (Phi) is 3.67. The molecule has 1 aliphatic rings. The number of aromatic nitrogens is 1. The molecule has 0 spiro atoms. The molecule has 0 amide bonds. The normalized spacial score (nSPS) is 12.6. The number of aromatic hydroxyl groups is 2. The average molecular weight is 361 g/mol. The zero-order valence-corrected chi connectivity index (χ0v) is 15.9. The Morgan fingerprint density at radius 2 is 1.77 bits per heavy atom. The Morgan fingerprint density at radius 3 is 2.54 bits per heavy atom. The Balaban J connectivity index is 2.06. The van der Waals surface area contributed by atoms with Crippen LogP contribution < -0.4 is 4.74 Å². The van der Waals surface area contributed by atoms with Gasteiger partial charge in [-0.3, -0.25) is 0 Å². The second kappa shape index (κ2) is 5.79. The highest BCUT2D eigenvalue weighted by Gasteiger charge is 2.24. The van der Waals surface area contributed by atoms with Gasteiger partial charge in [0.1, 0.15) is 31.9 Å². The summed E-state index contributed by atoms with van der Waals surface area (Å²) in [7, 11) is -1.58. The molecule has 0 radical (unpaired) electrons. The van der Waals surface area contributed by atoms with Crippen molar-refractivity contribution < 1.29 is 14.9 Å². The fourth-order valence-corrected chi connectivity index (χ4v) is 3.52. The highest BCUT2D eigenvalue weighted by atomic mass is 28.3. The summed E-state index contributed by atoms with van der Waals surface area (Å²) >= 11 is 0. The van der Waals surface area contributed by atoms with E-state index in [4.69, 9.17) is 9.72 Å². The van der Waals surface area contributed by atoms with Gasteiger partial charge >= 0.3 is 0 Å². The number of benzene rings is 2. The second-order valence-corrected chi connectivity index (χ2v) is 12.2. The van der Waals surface area contributed by atoms with E-state index in [0.29, 0.717) is 12.4 Å². The highest BCUT2D eigenvalue weighted by Crippen LogP contribution is 2.41. The van der Waals surface area contributed by atoms with Gasteiger partial charge in [0, 0.05) is 28.1 Å². The summed E-state index contributed by atoms with van der Waals surface area (Å²) in [5.74, 6) is 4.33. The number of fused-ring (bicyclic) bond motifs is 4. The molecule has 2 aromatic carbocycles.